The Morgan fingerprint density at radius 1 is 1.18 bits per heavy atom. The van der Waals surface area contributed by atoms with Crippen LogP contribution in [0.3, 0.4) is 0 Å². The van der Waals surface area contributed by atoms with Crippen molar-refractivity contribution in [1.29, 1.82) is 0 Å². The third kappa shape index (κ3) is 3.73. The first-order valence-electron chi connectivity index (χ1n) is 8.10. The number of para-hydroxylation sites is 1. The lowest BCUT2D eigenvalue weighted by molar-refractivity contribution is -0.136. The normalized spacial score (nSPS) is 24.0. The van der Waals surface area contributed by atoms with Gasteiger partial charge in [-0.3, -0.25) is 9.69 Å². The molecule has 2 aliphatic rings. The summed E-state index contributed by atoms with van der Waals surface area (Å²) in [5, 5.41) is 3.46. The van der Waals surface area contributed by atoms with E-state index < -0.39 is 0 Å². The summed E-state index contributed by atoms with van der Waals surface area (Å²) in [6, 6.07) is 11.2. The Hall–Kier alpha value is -1.26. The molecule has 1 N–H and O–H groups in total. The van der Waals surface area contributed by atoms with Gasteiger partial charge in [-0.2, -0.15) is 0 Å². The zero-order valence-corrected chi connectivity index (χ0v) is 14.0. The van der Waals surface area contributed by atoms with E-state index in [1.165, 1.54) is 18.5 Å². The highest BCUT2D eigenvalue weighted by Crippen LogP contribution is 2.30. The minimum Gasteiger partial charge on any atom is -0.384 e. The summed E-state index contributed by atoms with van der Waals surface area (Å²) in [4.78, 5) is 16.7. The first-order valence-corrected chi connectivity index (χ1v) is 8.10. The first kappa shape index (κ1) is 17.1. The Labute approximate surface area is 139 Å². The number of hydrogen-bond acceptors (Lipinski definition) is 3. The van der Waals surface area contributed by atoms with Crippen LogP contribution >= 0.6 is 12.4 Å². The first-order chi connectivity index (χ1) is 10.3. The number of carbonyl (C=O) groups is 1. The fourth-order valence-electron chi connectivity index (χ4n) is 3.68. The Kier molecular flexibility index (Phi) is 6.09. The van der Waals surface area contributed by atoms with Crippen LogP contribution in [0.25, 0.3) is 0 Å². The van der Waals surface area contributed by atoms with Crippen LogP contribution in [0.15, 0.2) is 30.3 Å². The summed E-state index contributed by atoms with van der Waals surface area (Å²) in [5.41, 5.74) is 1.18. The molecule has 2 bridgehead atoms. The fraction of sp³-hybridized carbons (Fsp3) is 0.588. The van der Waals surface area contributed by atoms with Gasteiger partial charge in [-0.25, -0.2) is 0 Å². The maximum absolute atomic E-state index is 12.0. The summed E-state index contributed by atoms with van der Waals surface area (Å²) in [7, 11) is 0. The maximum Gasteiger partial charge on any atom is 0.222 e. The number of fused-ring (bicyclic) bond motifs is 2. The summed E-state index contributed by atoms with van der Waals surface area (Å²) in [6.07, 6.45) is 3.00. The lowest BCUT2D eigenvalue weighted by atomic mass is 10.1. The largest absolute Gasteiger partial charge is 0.384 e. The zero-order valence-electron chi connectivity index (χ0n) is 13.2. The number of amides is 1. The average Bonchev–Trinajstić information content (AvgIpc) is 2.78. The van der Waals surface area contributed by atoms with Crippen LogP contribution in [0.5, 0.6) is 0 Å². The van der Waals surface area contributed by atoms with Crippen LogP contribution in [0.4, 0.5) is 5.69 Å². The average molecular weight is 324 g/mol. The van der Waals surface area contributed by atoms with Crippen LogP contribution in [-0.4, -0.2) is 54.0 Å². The number of anilines is 1. The van der Waals surface area contributed by atoms with Gasteiger partial charge in [-0.05, 0) is 25.0 Å². The van der Waals surface area contributed by atoms with E-state index in [9.17, 15) is 4.79 Å². The molecule has 0 radical (unpaired) electrons. The van der Waals surface area contributed by atoms with Crippen LogP contribution in [0.2, 0.25) is 0 Å². The predicted octanol–water partition coefficient (Wildman–Crippen LogP) is 2.61. The third-order valence-corrected chi connectivity index (χ3v) is 4.68. The molecule has 5 heteroatoms. The highest BCUT2D eigenvalue weighted by atomic mass is 35.5. The number of nitrogens with zero attached hydrogens (tertiary/aromatic N) is 2. The SMILES string of the molecule is CCC(=O)N1C2CCC1CN(CCNc1ccccc1)C2.Cl. The number of benzene rings is 1. The highest BCUT2D eigenvalue weighted by molar-refractivity contribution is 5.85. The van der Waals surface area contributed by atoms with Crippen molar-refractivity contribution in [2.24, 2.45) is 0 Å². The maximum atomic E-state index is 12.0. The van der Waals surface area contributed by atoms with Crippen LogP contribution in [-0.2, 0) is 4.79 Å². The fourth-order valence-corrected chi connectivity index (χ4v) is 3.68. The number of halogens is 1. The molecule has 2 unspecified atom stereocenters. The van der Waals surface area contributed by atoms with Gasteiger partial charge in [-0.15, -0.1) is 12.4 Å². The van der Waals surface area contributed by atoms with Gasteiger partial charge in [0, 0.05) is 50.4 Å². The molecule has 3 rings (SSSR count). The van der Waals surface area contributed by atoms with Gasteiger partial charge in [0.05, 0.1) is 0 Å². The molecule has 2 heterocycles. The molecule has 2 fully saturated rings. The smallest absolute Gasteiger partial charge is 0.222 e. The van der Waals surface area contributed by atoms with E-state index in [1.54, 1.807) is 0 Å². The number of nitrogens with one attached hydrogen (secondary N) is 1. The second-order valence-electron chi connectivity index (χ2n) is 6.09. The molecule has 1 aromatic carbocycles. The Morgan fingerprint density at radius 2 is 1.82 bits per heavy atom. The van der Waals surface area contributed by atoms with Crippen molar-refractivity contribution >= 4 is 24.0 Å². The quantitative estimate of drug-likeness (QED) is 0.904. The summed E-state index contributed by atoms with van der Waals surface area (Å²) >= 11 is 0. The van der Waals surface area contributed by atoms with Gasteiger partial charge < -0.3 is 10.2 Å². The molecule has 22 heavy (non-hydrogen) atoms. The second kappa shape index (κ2) is 7.84. The molecular weight excluding hydrogens is 298 g/mol. The third-order valence-electron chi connectivity index (χ3n) is 4.68. The topological polar surface area (TPSA) is 35.6 Å². The Balaban J connectivity index is 0.00000176. The van der Waals surface area contributed by atoms with E-state index in [1.807, 2.05) is 13.0 Å². The molecule has 122 valence electrons. The van der Waals surface area contributed by atoms with E-state index in [0.717, 1.165) is 26.2 Å². The summed E-state index contributed by atoms with van der Waals surface area (Å²) in [5.74, 6) is 0.338. The summed E-state index contributed by atoms with van der Waals surface area (Å²) in [6.45, 7) is 6.07. The van der Waals surface area contributed by atoms with E-state index in [4.69, 9.17) is 0 Å². The molecule has 1 amide bonds. The lowest BCUT2D eigenvalue weighted by Crippen LogP contribution is -2.56. The monoisotopic (exact) mass is 323 g/mol. The number of likely N-dealkylation sites (tertiary alicyclic amines) is 1. The minimum atomic E-state index is 0. The van der Waals surface area contributed by atoms with E-state index in [-0.39, 0.29) is 12.4 Å². The molecule has 2 aliphatic heterocycles. The standard InChI is InChI=1S/C17H25N3O.ClH/c1-2-17(21)20-15-8-9-16(20)13-19(12-15)11-10-18-14-6-4-3-5-7-14;/h3-7,15-16,18H,2,8-13H2,1H3;1H. The lowest BCUT2D eigenvalue weighted by Gasteiger charge is -2.41. The Bertz CT molecular complexity index is 468. The van der Waals surface area contributed by atoms with Crippen molar-refractivity contribution in [1.82, 2.24) is 9.80 Å². The summed E-state index contributed by atoms with van der Waals surface area (Å²) < 4.78 is 0. The predicted molar refractivity (Wildman–Crippen MR) is 92.6 cm³/mol. The molecule has 2 saturated heterocycles. The van der Waals surface area contributed by atoms with Crippen molar-refractivity contribution in [3.05, 3.63) is 30.3 Å². The molecule has 2 atom stereocenters. The number of hydrogen-bond donors (Lipinski definition) is 1. The molecule has 0 aliphatic carbocycles. The van der Waals surface area contributed by atoms with Crippen molar-refractivity contribution in [2.45, 2.75) is 38.3 Å². The zero-order chi connectivity index (χ0) is 14.7. The number of rotatable bonds is 5. The van der Waals surface area contributed by atoms with Gasteiger partial charge in [0.2, 0.25) is 5.91 Å². The highest BCUT2D eigenvalue weighted by Gasteiger charge is 2.41. The van der Waals surface area contributed by atoms with Crippen LogP contribution in [0.1, 0.15) is 26.2 Å². The second-order valence-corrected chi connectivity index (χ2v) is 6.09. The van der Waals surface area contributed by atoms with E-state index >= 15 is 0 Å². The van der Waals surface area contributed by atoms with Gasteiger partial charge in [0.1, 0.15) is 0 Å². The van der Waals surface area contributed by atoms with Gasteiger partial charge in [0.15, 0.2) is 0 Å². The van der Waals surface area contributed by atoms with Gasteiger partial charge >= 0.3 is 0 Å². The molecule has 1 aromatic rings. The molecule has 0 saturated carbocycles. The van der Waals surface area contributed by atoms with Crippen molar-refractivity contribution in [3.63, 3.8) is 0 Å². The van der Waals surface area contributed by atoms with Crippen molar-refractivity contribution in [3.8, 4) is 0 Å². The van der Waals surface area contributed by atoms with Gasteiger partial charge in [-0.1, -0.05) is 25.1 Å². The Morgan fingerprint density at radius 3 is 2.41 bits per heavy atom. The number of piperazine rings is 1. The van der Waals surface area contributed by atoms with E-state index in [0.29, 0.717) is 24.4 Å². The molecule has 4 nitrogen and oxygen atoms in total. The minimum absolute atomic E-state index is 0. The van der Waals surface area contributed by atoms with Crippen LogP contribution in [0, 0.1) is 0 Å². The van der Waals surface area contributed by atoms with E-state index in [2.05, 4.69) is 39.4 Å². The molecule has 0 spiro atoms. The van der Waals surface area contributed by atoms with Crippen molar-refractivity contribution in [2.75, 3.05) is 31.5 Å². The molecular formula is C17H26ClN3O. The van der Waals surface area contributed by atoms with Gasteiger partial charge in [0.25, 0.3) is 0 Å². The van der Waals surface area contributed by atoms with Crippen molar-refractivity contribution < 1.29 is 4.79 Å². The molecule has 0 aromatic heterocycles. The van der Waals surface area contributed by atoms with Crippen LogP contribution < -0.4 is 5.32 Å². The number of carbonyl (C=O) groups excluding carboxylic acids is 1.